The fourth-order valence-electron chi connectivity index (χ4n) is 1.70. The number of carboxylic acid groups (broad SMARTS) is 1. The maximum absolute atomic E-state index is 10.4. The molecule has 6 nitrogen and oxygen atoms in total. The van der Waals surface area contributed by atoms with E-state index in [9.17, 15) is 4.79 Å². The van der Waals surface area contributed by atoms with Crippen LogP contribution in [0.15, 0.2) is 30.3 Å². The molecule has 0 unspecified atom stereocenters. The van der Waals surface area contributed by atoms with Crippen molar-refractivity contribution in [2.75, 3.05) is 13.7 Å². The van der Waals surface area contributed by atoms with E-state index in [0.717, 1.165) is 17.0 Å². The van der Waals surface area contributed by atoms with Crippen molar-refractivity contribution in [3.8, 4) is 22.9 Å². The number of carbonyl (C=O) groups is 1. The van der Waals surface area contributed by atoms with Gasteiger partial charge in [-0.1, -0.05) is 12.1 Å². The maximum atomic E-state index is 10.4. The van der Waals surface area contributed by atoms with Gasteiger partial charge in [-0.25, -0.2) is 4.79 Å². The van der Waals surface area contributed by atoms with Crippen LogP contribution in [0.1, 0.15) is 0 Å². The number of aryl methyl sites for hydroxylation is 1. The Bertz CT molecular complexity index is 592. The molecule has 2 aromatic rings. The van der Waals surface area contributed by atoms with Crippen LogP contribution in [0.3, 0.4) is 0 Å². The Balaban J connectivity index is 2.26. The van der Waals surface area contributed by atoms with Gasteiger partial charge in [0.25, 0.3) is 0 Å². The van der Waals surface area contributed by atoms with Crippen molar-refractivity contribution >= 4 is 5.97 Å². The molecule has 0 aliphatic rings. The molecule has 2 rings (SSSR count). The summed E-state index contributed by atoms with van der Waals surface area (Å²) < 4.78 is 11.8. The Labute approximate surface area is 110 Å². The third-order valence-corrected chi connectivity index (χ3v) is 2.57. The van der Waals surface area contributed by atoms with E-state index in [0.29, 0.717) is 0 Å². The highest BCUT2D eigenvalue weighted by molar-refractivity contribution is 5.68. The molecular formula is C13H14N2O4. The summed E-state index contributed by atoms with van der Waals surface area (Å²) in [5.74, 6) is -0.0111. The average Bonchev–Trinajstić information content (AvgIpc) is 2.78. The number of benzene rings is 1. The second kappa shape index (κ2) is 5.43. The van der Waals surface area contributed by atoms with Crippen LogP contribution in [0.25, 0.3) is 11.3 Å². The van der Waals surface area contributed by atoms with Crippen molar-refractivity contribution in [2.45, 2.75) is 0 Å². The van der Waals surface area contributed by atoms with Crippen molar-refractivity contribution in [1.82, 2.24) is 9.78 Å². The molecule has 1 heterocycles. The van der Waals surface area contributed by atoms with E-state index in [1.165, 1.54) is 0 Å². The van der Waals surface area contributed by atoms with Gasteiger partial charge in [-0.15, -0.1) is 5.10 Å². The molecule has 100 valence electrons. The number of methoxy groups -OCH3 is 1. The Morgan fingerprint density at radius 1 is 1.42 bits per heavy atom. The number of hydrogen-bond donors (Lipinski definition) is 1. The molecule has 1 N–H and O–H groups in total. The van der Waals surface area contributed by atoms with Crippen LogP contribution in [0.4, 0.5) is 0 Å². The van der Waals surface area contributed by atoms with Crippen molar-refractivity contribution in [2.24, 2.45) is 7.05 Å². The van der Waals surface area contributed by atoms with Gasteiger partial charge in [0.05, 0.1) is 12.8 Å². The van der Waals surface area contributed by atoms with Crippen LogP contribution in [-0.4, -0.2) is 34.6 Å². The van der Waals surface area contributed by atoms with E-state index in [1.807, 2.05) is 24.3 Å². The van der Waals surface area contributed by atoms with E-state index in [1.54, 1.807) is 24.9 Å². The molecule has 0 spiro atoms. The predicted molar refractivity (Wildman–Crippen MR) is 68.3 cm³/mol. The molecule has 1 aromatic heterocycles. The van der Waals surface area contributed by atoms with Gasteiger partial charge in [0.1, 0.15) is 5.75 Å². The molecule has 0 amide bonds. The summed E-state index contributed by atoms with van der Waals surface area (Å²) in [5, 5.41) is 12.7. The zero-order valence-electron chi connectivity index (χ0n) is 10.7. The molecule has 0 atom stereocenters. The number of hydrogen-bond acceptors (Lipinski definition) is 4. The minimum Gasteiger partial charge on any atom is -0.497 e. The zero-order valence-corrected chi connectivity index (χ0v) is 10.7. The van der Waals surface area contributed by atoms with Gasteiger partial charge in [0.2, 0.25) is 5.88 Å². The van der Waals surface area contributed by atoms with Gasteiger partial charge < -0.3 is 14.6 Å². The van der Waals surface area contributed by atoms with E-state index in [4.69, 9.17) is 14.6 Å². The molecule has 0 aliphatic heterocycles. The lowest BCUT2D eigenvalue weighted by Crippen LogP contribution is -2.09. The first-order chi connectivity index (χ1) is 9.10. The van der Waals surface area contributed by atoms with Crippen molar-refractivity contribution < 1.29 is 19.4 Å². The van der Waals surface area contributed by atoms with Crippen LogP contribution >= 0.6 is 0 Å². The first-order valence-electron chi connectivity index (χ1n) is 5.63. The summed E-state index contributed by atoms with van der Waals surface area (Å²) in [7, 11) is 3.37. The summed E-state index contributed by atoms with van der Waals surface area (Å²) in [6, 6.07) is 9.21. The molecular weight excluding hydrogens is 248 g/mol. The smallest absolute Gasteiger partial charge is 0.341 e. The number of aromatic nitrogens is 2. The number of aliphatic carboxylic acids is 1. The second-order valence-corrected chi connectivity index (χ2v) is 3.91. The van der Waals surface area contributed by atoms with Gasteiger partial charge in [0, 0.05) is 18.7 Å². The van der Waals surface area contributed by atoms with Crippen LogP contribution < -0.4 is 9.47 Å². The van der Waals surface area contributed by atoms with Gasteiger partial charge in [-0.3, -0.25) is 4.68 Å². The molecule has 0 saturated carbocycles. The first kappa shape index (κ1) is 12.9. The van der Waals surface area contributed by atoms with Gasteiger partial charge in [-0.2, -0.15) is 0 Å². The van der Waals surface area contributed by atoms with Crippen LogP contribution in [-0.2, 0) is 11.8 Å². The fraction of sp³-hybridized carbons (Fsp3) is 0.231. The highest BCUT2D eigenvalue weighted by Crippen LogP contribution is 2.26. The quantitative estimate of drug-likeness (QED) is 0.885. The Morgan fingerprint density at radius 2 is 2.21 bits per heavy atom. The molecule has 19 heavy (non-hydrogen) atoms. The monoisotopic (exact) mass is 262 g/mol. The molecule has 0 radical (unpaired) electrons. The minimum absolute atomic E-state index is 0.280. The molecule has 0 aliphatic carbocycles. The summed E-state index contributed by atoms with van der Waals surface area (Å²) in [4.78, 5) is 10.4. The standard InChI is InChI=1S/C13H14N2O4/c1-15-11(7-12(14-15)19-8-13(16)17)9-4-3-5-10(6-9)18-2/h3-7H,8H2,1-2H3,(H,16,17). The lowest BCUT2D eigenvalue weighted by atomic mass is 10.1. The number of carboxylic acids is 1. The Morgan fingerprint density at radius 3 is 2.89 bits per heavy atom. The summed E-state index contributed by atoms with van der Waals surface area (Å²) in [6.07, 6.45) is 0. The largest absolute Gasteiger partial charge is 0.497 e. The summed E-state index contributed by atoms with van der Waals surface area (Å²) in [6.45, 7) is -0.408. The topological polar surface area (TPSA) is 73.6 Å². The molecule has 1 aromatic carbocycles. The van der Waals surface area contributed by atoms with E-state index in [2.05, 4.69) is 5.10 Å². The Kier molecular flexibility index (Phi) is 3.70. The first-order valence-corrected chi connectivity index (χ1v) is 5.63. The van der Waals surface area contributed by atoms with Crippen LogP contribution in [0.5, 0.6) is 11.6 Å². The lowest BCUT2D eigenvalue weighted by molar-refractivity contribution is -0.139. The summed E-state index contributed by atoms with van der Waals surface area (Å²) in [5.41, 5.74) is 1.74. The SMILES string of the molecule is COc1cccc(-c2cc(OCC(=O)O)nn2C)c1. The number of ether oxygens (including phenoxy) is 2. The van der Waals surface area contributed by atoms with Crippen LogP contribution in [0.2, 0.25) is 0 Å². The predicted octanol–water partition coefficient (Wildman–Crippen LogP) is 1.56. The maximum Gasteiger partial charge on any atom is 0.341 e. The average molecular weight is 262 g/mol. The third-order valence-electron chi connectivity index (χ3n) is 2.57. The van der Waals surface area contributed by atoms with Gasteiger partial charge in [0.15, 0.2) is 6.61 Å². The Hall–Kier alpha value is -2.50. The highest BCUT2D eigenvalue weighted by Gasteiger charge is 2.10. The highest BCUT2D eigenvalue weighted by atomic mass is 16.5. The minimum atomic E-state index is -1.03. The number of nitrogens with zero attached hydrogens (tertiary/aromatic N) is 2. The molecule has 0 fully saturated rings. The second-order valence-electron chi connectivity index (χ2n) is 3.91. The summed E-state index contributed by atoms with van der Waals surface area (Å²) >= 11 is 0. The van der Waals surface area contributed by atoms with Gasteiger partial charge in [-0.05, 0) is 12.1 Å². The van der Waals surface area contributed by atoms with Gasteiger partial charge >= 0.3 is 5.97 Å². The normalized spacial score (nSPS) is 10.2. The van der Waals surface area contributed by atoms with E-state index >= 15 is 0 Å². The molecule has 0 bridgehead atoms. The van der Waals surface area contributed by atoms with Crippen molar-refractivity contribution in [1.29, 1.82) is 0 Å². The number of rotatable bonds is 5. The van der Waals surface area contributed by atoms with E-state index in [-0.39, 0.29) is 5.88 Å². The van der Waals surface area contributed by atoms with Crippen molar-refractivity contribution in [3.63, 3.8) is 0 Å². The van der Waals surface area contributed by atoms with Crippen molar-refractivity contribution in [3.05, 3.63) is 30.3 Å². The fourth-order valence-corrected chi connectivity index (χ4v) is 1.70. The van der Waals surface area contributed by atoms with E-state index < -0.39 is 12.6 Å². The third kappa shape index (κ3) is 3.04. The molecule has 6 heteroatoms. The molecule has 0 saturated heterocycles. The lowest BCUT2D eigenvalue weighted by Gasteiger charge is -2.04. The van der Waals surface area contributed by atoms with Crippen LogP contribution in [0, 0.1) is 0 Å². The zero-order chi connectivity index (χ0) is 13.8.